The van der Waals surface area contributed by atoms with Crippen LogP contribution < -0.4 is 0 Å². The number of hydrogen-bond acceptors (Lipinski definition) is 2. The van der Waals surface area contributed by atoms with Crippen LogP contribution in [-0.2, 0) is 9.53 Å². The molecule has 0 spiro atoms. The van der Waals surface area contributed by atoms with Crippen LogP contribution in [0.15, 0.2) is 11.6 Å². The summed E-state index contributed by atoms with van der Waals surface area (Å²) in [5.41, 5.74) is 0.824. The van der Waals surface area contributed by atoms with Gasteiger partial charge in [-0.3, -0.25) is 0 Å². The summed E-state index contributed by atoms with van der Waals surface area (Å²) in [6.07, 6.45) is 18.9. The average Bonchev–Trinajstić information content (AvgIpc) is 2.51. The van der Waals surface area contributed by atoms with Crippen molar-refractivity contribution in [3.63, 3.8) is 0 Å². The molecule has 2 heteroatoms. The van der Waals surface area contributed by atoms with E-state index in [0.717, 1.165) is 18.4 Å². The van der Waals surface area contributed by atoms with Crippen LogP contribution in [-0.4, -0.2) is 13.1 Å². The standard InChI is InChI=1S/C19H36O2/c1-4-6-7-8-9-10-11-12-13-14-15-16-17-18(5-2)19(20)21-3/h5H,4,6-17H2,1-3H3. The highest BCUT2D eigenvalue weighted by Crippen LogP contribution is 2.14. The van der Waals surface area contributed by atoms with Crippen molar-refractivity contribution in [2.45, 2.75) is 97.3 Å². The van der Waals surface area contributed by atoms with Gasteiger partial charge in [0.15, 0.2) is 0 Å². The van der Waals surface area contributed by atoms with Gasteiger partial charge in [-0.25, -0.2) is 4.79 Å². The quantitative estimate of drug-likeness (QED) is 0.217. The lowest BCUT2D eigenvalue weighted by Crippen LogP contribution is -2.04. The maximum absolute atomic E-state index is 11.4. The molecule has 0 aliphatic rings. The van der Waals surface area contributed by atoms with E-state index in [1.165, 1.54) is 77.7 Å². The first-order valence-electron chi connectivity index (χ1n) is 8.99. The molecule has 0 N–H and O–H groups in total. The third-order valence-electron chi connectivity index (χ3n) is 4.10. The molecule has 0 aliphatic carbocycles. The zero-order valence-corrected chi connectivity index (χ0v) is 14.6. The second kappa shape index (κ2) is 15.6. The maximum atomic E-state index is 11.4. The Morgan fingerprint density at radius 3 is 1.62 bits per heavy atom. The van der Waals surface area contributed by atoms with Gasteiger partial charge in [-0.1, -0.05) is 83.6 Å². The molecule has 0 unspecified atom stereocenters. The van der Waals surface area contributed by atoms with Gasteiger partial charge in [-0.2, -0.15) is 0 Å². The number of hydrogen-bond donors (Lipinski definition) is 0. The van der Waals surface area contributed by atoms with Gasteiger partial charge in [-0.15, -0.1) is 0 Å². The number of unbranched alkanes of at least 4 members (excludes halogenated alkanes) is 11. The summed E-state index contributed by atoms with van der Waals surface area (Å²) < 4.78 is 4.75. The minimum atomic E-state index is -0.166. The fourth-order valence-corrected chi connectivity index (χ4v) is 2.65. The number of carbonyl (C=O) groups is 1. The van der Waals surface area contributed by atoms with Crippen LogP contribution in [0.2, 0.25) is 0 Å². The van der Waals surface area contributed by atoms with Gasteiger partial charge < -0.3 is 4.74 Å². The van der Waals surface area contributed by atoms with Crippen LogP contribution in [0, 0.1) is 0 Å². The van der Waals surface area contributed by atoms with Crippen LogP contribution in [0.1, 0.15) is 97.3 Å². The smallest absolute Gasteiger partial charge is 0.333 e. The second-order valence-corrected chi connectivity index (χ2v) is 5.94. The van der Waals surface area contributed by atoms with Gasteiger partial charge >= 0.3 is 5.97 Å². The molecule has 0 aromatic carbocycles. The molecule has 0 heterocycles. The zero-order chi connectivity index (χ0) is 15.8. The minimum absolute atomic E-state index is 0.166. The van der Waals surface area contributed by atoms with Crippen molar-refractivity contribution in [1.29, 1.82) is 0 Å². The first-order chi connectivity index (χ1) is 10.3. The number of rotatable bonds is 14. The van der Waals surface area contributed by atoms with Gasteiger partial charge in [0.2, 0.25) is 0 Å². The van der Waals surface area contributed by atoms with Crippen LogP contribution in [0.25, 0.3) is 0 Å². The maximum Gasteiger partial charge on any atom is 0.333 e. The van der Waals surface area contributed by atoms with Crippen molar-refractivity contribution in [1.82, 2.24) is 0 Å². The third-order valence-corrected chi connectivity index (χ3v) is 4.10. The summed E-state index contributed by atoms with van der Waals surface area (Å²) in [5, 5.41) is 0. The highest BCUT2D eigenvalue weighted by atomic mass is 16.5. The van der Waals surface area contributed by atoms with E-state index in [9.17, 15) is 4.79 Å². The lowest BCUT2D eigenvalue weighted by atomic mass is 10.0. The first-order valence-corrected chi connectivity index (χ1v) is 8.99. The van der Waals surface area contributed by atoms with Gasteiger partial charge in [0, 0.05) is 5.57 Å². The fourth-order valence-electron chi connectivity index (χ4n) is 2.65. The molecule has 0 fully saturated rings. The molecule has 0 radical (unpaired) electrons. The molecule has 0 bridgehead atoms. The van der Waals surface area contributed by atoms with E-state index in [2.05, 4.69) is 6.92 Å². The Bertz CT molecular complexity index is 269. The molecule has 0 aliphatic heterocycles. The van der Waals surface area contributed by atoms with Crippen LogP contribution in [0.3, 0.4) is 0 Å². The predicted octanol–water partition coefficient (Wildman–Crippen LogP) is 6.20. The van der Waals surface area contributed by atoms with Crippen molar-refractivity contribution in [3.05, 3.63) is 11.6 Å². The predicted molar refractivity (Wildman–Crippen MR) is 91.5 cm³/mol. The molecule has 0 aromatic heterocycles. The van der Waals surface area contributed by atoms with E-state index in [-0.39, 0.29) is 5.97 Å². The highest BCUT2D eigenvalue weighted by molar-refractivity contribution is 5.88. The Morgan fingerprint density at radius 1 is 0.810 bits per heavy atom. The Kier molecular flexibility index (Phi) is 15.0. The van der Waals surface area contributed by atoms with Gasteiger partial charge in [-0.05, 0) is 19.8 Å². The van der Waals surface area contributed by atoms with Crippen LogP contribution >= 0.6 is 0 Å². The molecular formula is C19H36O2. The summed E-state index contributed by atoms with van der Waals surface area (Å²) in [5.74, 6) is -0.166. The van der Waals surface area contributed by atoms with Crippen molar-refractivity contribution >= 4 is 5.97 Å². The summed E-state index contributed by atoms with van der Waals surface area (Å²) in [7, 11) is 1.45. The Morgan fingerprint density at radius 2 is 1.24 bits per heavy atom. The topological polar surface area (TPSA) is 26.3 Å². The Hall–Kier alpha value is -0.790. The molecule has 0 saturated carbocycles. The van der Waals surface area contributed by atoms with E-state index in [1.807, 2.05) is 13.0 Å². The van der Waals surface area contributed by atoms with Crippen molar-refractivity contribution in [2.75, 3.05) is 7.11 Å². The van der Waals surface area contributed by atoms with Crippen molar-refractivity contribution < 1.29 is 9.53 Å². The first kappa shape index (κ1) is 20.2. The second-order valence-electron chi connectivity index (χ2n) is 5.94. The van der Waals surface area contributed by atoms with Gasteiger partial charge in [0.1, 0.15) is 0 Å². The van der Waals surface area contributed by atoms with Gasteiger partial charge in [0.05, 0.1) is 7.11 Å². The molecule has 0 aromatic rings. The summed E-state index contributed by atoms with van der Waals surface area (Å²) in [4.78, 5) is 11.4. The summed E-state index contributed by atoms with van der Waals surface area (Å²) >= 11 is 0. The van der Waals surface area contributed by atoms with Crippen molar-refractivity contribution in [2.24, 2.45) is 0 Å². The summed E-state index contributed by atoms with van der Waals surface area (Å²) in [6.45, 7) is 4.18. The van der Waals surface area contributed by atoms with Crippen LogP contribution in [0.5, 0.6) is 0 Å². The average molecular weight is 296 g/mol. The van der Waals surface area contributed by atoms with E-state index in [0.29, 0.717) is 0 Å². The monoisotopic (exact) mass is 296 g/mol. The van der Waals surface area contributed by atoms with E-state index in [1.54, 1.807) is 0 Å². The molecule has 2 nitrogen and oxygen atoms in total. The number of carbonyl (C=O) groups excluding carboxylic acids is 1. The van der Waals surface area contributed by atoms with Crippen LogP contribution in [0.4, 0.5) is 0 Å². The summed E-state index contributed by atoms with van der Waals surface area (Å²) in [6, 6.07) is 0. The van der Waals surface area contributed by atoms with E-state index >= 15 is 0 Å². The van der Waals surface area contributed by atoms with Crippen molar-refractivity contribution in [3.8, 4) is 0 Å². The number of methoxy groups -OCH3 is 1. The lowest BCUT2D eigenvalue weighted by Gasteiger charge is -2.05. The SMILES string of the molecule is CC=C(CCCCCCCCCCCCCC)C(=O)OC. The van der Waals surface area contributed by atoms with E-state index in [4.69, 9.17) is 4.74 Å². The molecule has 0 rings (SSSR count). The molecule has 124 valence electrons. The normalized spacial score (nSPS) is 11.7. The molecule has 0 amide bonds. The number of esters is 1. The minimum Gasteiger partial charge on any atom is -0.466 e. The Labute approximate surface area is 132 Å². The molecule has 21 heavy (non-hydrogen) atoms. The largest absolute Gasteiger partial charge is 0.466 e. The molecular weight excluding hydrogens is 260 g/mol. The highest BCUT2D eigenvalue weighted by Gasteiger charge is 2.07. The zero-order valence-electron chi connectivity index (χ0n) is 14.6. The number of allylic oxidation sites excluding steroid dienone is 1. The molecule has 0 atom stereocenters. The fraction of sp³-hybridized carbons (Fsp3) is 0.842. The molecule has 0 saturated heterocycles. The third kappa shape index (κ3) is 12.6. The Balaban J connectivity index is 3.27. The number of ether oxygens (including phenoxy) is 1. The lowest BCUT2D eigenvalue weighted by molar-refractivity contribution is -0.136. The van der Waals surface area contributed by atoms with E-state index < -0.39 is 0 Å². The van der Waals surface area contributed by atoms with Gasteiger partial charge in [0.25, 0.3) is 0 Å².